The van der Waals surface area contributed by atoms with Crippen molar-refractivity contribution in [3.8, 4) is 0 Å². The van der Waals surface area contributed by atoms with Crippen molar-refractivity contribution in [2.24, 2.45) is 10.9 Å². The monoisotopic (exact) mass is 450 g/mol. The fraction of sp³-hybridized carbons (Fsp3) is 0.588. The Kier molecular flexibility index (Phi) is 9.90. The van der Waals surface area contributed by atoms with E-state index >= 15 is 0 Å². The van der Waals surface area contributed by atoms with Crippen molar-refractivity contribution < 1.29 is 0 Å². The number of halogens is 2. The Bertz CT molecular complexity index is 478. The Balaban J connectivity index is 0.00000264. The van der Waals surface area contributed by atoms with Crippen LogP contribution in [0.5, 0.6) is 0 Å². The van der Waals surface area contributed by atoms with Crippen molar-refractivity contribution >= 4 is 41.5 Å². The first-order valence-corrected chi connectivity index (χ1v) is 8.46. The summed E-state index contributed by atoms with van der Waals surface area (Å²) in [6.07, 6.45) is 2.69. The van der Waals surface area contributed by atoms with Crippen LogP contribution in [0.25, 0.3) is 0 Å². The standard InChI is InChI=1S/C17H27ClN4.HI/c1-14-4-3-10-22(13-14)11-9-20-17(19-2)21-12-15-5-7-16(18)8-6-15;/h5-8,14H,3-4,9-13H2,1-2H3,(H2,19,20,21);1H. The Morgan fingerprint density at radius 3 is 2.70 bits per heavy atom. The lowest BCUT2D eigenvalue weighted by molar-refractivity contribution is 0.187. The minimum atomic E-state index is 0. The van der Waals surface area contributed by atoms with Crippen LogP contribution in [0.2, 0.25) is 5.02 Å². The lowest BCUT2D eigenvalue weighted by Crippen LogP contribution is -2.43. The van der Waals surface area contributed by atoms with Gasteiger partial charge in [-0.2, -0.15) is 0 Å². The van der Waals surface area contributed by atoms with E-state index < -0.39 is 0 Å². The van der Waals surface area contributed by atoms with E-state index in [0.29, 0.717) is 0 Å². The van der Waals surface area contributed by atoms with Gasteiger partial charge in [0.25, 0.3) is 0 Å². The number of guanidine groups is 1. The van der Waals surface area contributed by atoms with Crippen molar-refractivity contribution in [1.82, 2.24) is 15.5 Å². The smallest absolute Gasteiger partial charge is 0.191 e. The molecule has 1 saturated heterocycles. The molecular formula is C17H28ClIN4. The van der Waals surface area contributed by atoms with E-state index in [1.807, 2.05) is 24.3 Å². The molecule has 1 aromatic carbocycles. The third kappa shape index (κ3) is 7.72. The Morgan fingerprint density at radius 2 is 2.04 bits per heavy atom. The van der Waals surface area contributed by atoms with Crippen LogP contribution >= 0.6 is 35.6 Å². The van der Waals surface area contributed by atoms with Crippen molar-refractivity contribution in [3.63, 3.8) is 0 Å². The maximum atomic E-state index is 5.89. The molecule has 4 nitrogen and oxygen atoms in total. The van der Waals surface area contributed by atoms with Crippen LogP contribution in [0.1, 0.15) is 25.3 Å². The van der Waals surface area contributed by atoms with Gasteiger partial charge in [-0.3, -0.25) is 4.99 Å². The highest BCUT2D eigenvalue weighted by Gasteiger charge is 2.15. The Morgan fingerprint density at radius 1 is 1.30 bits per heavy atom. The van der Waals surface area contributed by atoms with E-state index in [4.69, 9.17) is 11.6 Å². The highest BCUT2D eigenvalue weighted by molar-refractivity contribution is 14.0. The van der Waals surface area contributed by atoms with Crippen molar-refractivity contribution in [2.75, 3.05) is 33.2 Å². The van der Waals surface area contributed by atoms with Gasteiger partial charge in [-0.1, -0.05) is 30.7 Å². The summed E-state index contributed by atoms with van der Waals surface area (Å²) in [5.74, 6) is 1.68. The summed E-state index contributed by atoms with van der Waals surface area (Å²) in [4.78, 5) is 6.80. The molecule has 1 aliphatic rings. The van der Waals surface area contributed by atoms with E-state index in [0.717, 1.165) is 36.5 Å². The fourth-order valence-electron chi connectivity index (χ4n) is 2.83. The quantitative estimate of drug-likeness (QED) is 0.410. The molecule has 0 radical (unpaired) electrons. The molecule has 0 saturated carbocycles. The van der Waals surface area contributed by atoms with Crippen LogP contribution in [0.3, 0.4) is 0 Å². The molecule has 1 atom stereocenters. The first-order chi connectivity index (χ1) is 10.7. The summed E-state index contributed by atoms with van der Waals surface area (Å²) >= 11 is 5.89. The molecule has 2 rings (SSSR count). The van der Waals surface area contributed by atoms with Gasteiger partial charge in [-0.15, -0.1) is 24.0 Å². The molecule has 1 aromatic rings. The highest BCUT2D eigenvalue weighted by Crippen LogP contribution is 2.14. The zero-order chi connectivity index (χ0) is 15.8. The van der Waals surface area contributed by atoms with Gasteiger partial charge < -0.3 is 15.5 Å². The number of nitrogens with zero attached hydrogens (tertiary/aromatic N) is 2. The summed E-state index contributed by atoms with van der Waals surface area (Å²) in [5.41, 5.74) is 1.19. The summed E-state index contributed by atoms with van der Waals surface area (Å²) in [5, 5.41) is 7.48. The third-order valence-corrected chi connectivity index (χ3v) is 4.31. The van der Waals surface area contributed by atoms with Crippen LogP contribution in [-0.2, 0) is 6.54 Å². The van der Waals surface area contributed by atoms with E-state index in [-0.39, 0.29) is 24.0 Å². The summed E-state index contributed by atoms with van der Waals surface area (Å²) in [6.45, 7) is 7.53. The molecule has 1 unspecified atom stereocenters. The zero-order valence-electron chi connectivity index (χ0n) is 14.0. The molecule has 0 amide bonds. The van der Waals surface area contributed by atoms with Crippen molar-refractivity contribution in [2.45, 2.75) is 26.3 Å². The van der Waals surface area contributed by atoms with E-state index in [1.54, 1.807) is 7.05 Å². The molecule has 0 aromatic heterocycles. The number of hydrogen-bond acceptors (Lipinski definition) is 2. The van der Waals surface area contributed by atoms with Crippen LogP contribution in [0, 0.1) is 5.92 Å². The van der Waals surface area contributed by atoms with Crippen molar-refractivity contribution in [1.29, 1.82) is 0 Å². The molecule has 1 fully saturated rings. The molecule has 0 bridgehead atoms. The molecule has 1 heterocycles. The lowest BCUT2D eigenvalue weighted by atomic mass is 10.0. The average molecular weight is 451 g/mol. The second kappa shape index (κ2) is 11.1. The second-order valence-corrected chi connectivity index (χ2v) is 6.46. The molecule has 130 valence electrons. The van der Waals surface area contributed by atoms with Gasteiger partial charge in [-0.25, -0.2) is 0 Å². The molecule has 1 aliphatic heterocycles. The molecule has 23 heavy (non-hydrogen) atoms. The third-order valence-electron chi connectivity index (χ3n) is 4.06. The SMILES string of the molecule is CN=C(NCCN1CCCC(C)C1)NCc1ccc(Cl)cc1.I. The van der Waals surface area contributed by atoms with Gasteiger partial charge in [0.2, 0.25) is 0 Å². The average Bonchev–Trinajstić information content (AvgIpc) is 2.52. The van der Waals surface area contributed by atoms with Gasteiger partial charge in [0.15, 0.2) is 5.96 Å². The van der Waals surface area contributed by atoms with Gasteiger partial charge in [0, 0.05) is 38.2 Å². The van der Waals surface area contributed by atoms with E-state index in [2.05, 4.69) is 27.4 Å². The molecule has 0 spiro atoms. The topological polar surface area (TPSA) is 39.7 Å². The van der Waals surface area contributed by atoms with Crippen LogP contribution < -0.4 is 10.6 Å². The summed E-state index contributed by atoms with van der Waals surface area (Å²) < 4.78 is 0. The predicted octanol–water partition coefficient (Wildman–Crippen LogP) is 3.35. The number of nitrogens with one attached hydrogen (secondary N) is 2. The maximum absolute atomic E-state index is 5.89. The highest BCUT2D eigenvalue weighted by atomic mass is 127. The zero-order valence-corrected chi connectivity index (χ0v) is 17.1. The number of hydrogen-bond donors (Lipinski definition) is 2. The number of likely N-dealkylation sites (tertiary alicyclic amines) is 1. The molecule has 6 heteroatoms. The molecule has 0 aliphatic carbocycles. The largest absolute Gasteiger partial charge is 0.355 e. The number of rotatable bonds is 5. The minimum Gasteiger partial charge on any atom is -0.355 e. The molecule has 2 N–H and O–H groups in total. The fourth-order valence-corrected chi connectivity index (χ4v) is 2.96. The lowest BCUT2D eigenvalue weighted by Gasteiger charge is -2.30. The number of benzene rings is 1. The molecular weight excluding hydrogens is 423 g/mol. The number of piperidine rings is 1. The summed E-state index contributed by atoms with van der Waals surface area (Å²) in [6, 6.07) is 7.87. The van der Waals surface area contributed by atoms with E-state index in [1.165, 1.54) is 31.5 Å². The maximum Gasteiger partial charge on any atom is 0.191 e. The van der Waals surface area contributed by atoms with Gasteiger partial charge in [-0.05, 0) is 43.0 Å². The minimum absolute atomic E-state index is 0. The number of aliphatic imine (C=N–C) groups is 1. The van der Waals surface area contributed by atoms with Gasteiger partial charge >= 0.3 is 0 Å². The van der Waals surface area contributed by atoms with Gasteiger partial charge in [0.1, 0.15) is 0 Å². The second-order valence-electron chi connectivity index (χ2n) is 6.03. The van der Waals surface area contributed by atoms with Crippen LogP contribution in [0.15, 0.2) is 29.3 Å². The van der Waals surface area contributed by atoms with Crippen molar-refractivity contribution in [3.05, 3.63) is 34.9 Å². The first kappa shape index (κ1) is 20.5. The predicted molar refractivity (Wildman–Crippen MR) is 110 cm³/mol. The summed E-state index contributed by atoms with van der Waals surface area (Å²) in [7, 11) is 1.81. The van der Waals surface area contributed by atoms with E-state index in [9.17, 15) is 0 Å². The van der Waals surface area contributed by atoms with Crippen LogP contribution in [0.4, 0.5) is 0 Å². The van der Waals surface area contributed by atoms with Gasteiger partial charge in [0.05, 0.1) is 0 Å². The Labute approximate surface area is 162 Å². The normalized spacial score (nSPS) is 19.1. The van der Waals surface area contributed by atoms with Crippen LogP contribution in [-0.4, -0.2) is 44.1 Å². The Hall–Kier alpha value is -0.530. The first-order valence-electron chi connectivity index (χ1n) is 8.08.